The molecule has 3 rings (SSSR count). The van der Waals surface area contributed by atoms with Gasteiger partial charge in [-0.2, -0.15) is 0 Å². The Morgan fingerprint density at radius 1 is 1.45 bits per heavy atom. The van der Waals surface area contributed by atoms with E-state index in [4.69, 9.17) is 0 Å². The van der Waals surface area contributed by atoms with Crippen molar-refractivity contribution >= 4 is 29.7 Å². The van der Waals surface area contributed by atoms with E-state index in [2.05, 4.69) is 37.5 Å². The molecule has 1 aliphatic carbocycles. The molecule has 1 aromatic heterocycles. The maximum absolute atomic E-state index is 13.0. The van der Waals surface area contributed by atoms with Crippen molar-refractivity contribution in [3.63, 3.8) is 0 Å². The molecule has 0 radical (unpaired) electrons. The minimum absolute atomic E-state index is 0. The number of fused-ring (bicyclic) bond motifs is 1. The lowest BCUT2D eigenvalue weighted by Gasteiger charge is -2.38. The minimum atomic E-state index is -0.147. The van der Waals surface area contributed by atoms with E-state index in [1.54, 1.807) is 0 Å². The van der Waals surface area contributed by atoms with Gasteiger partial charge in [-0.05, 0) is 57.7 Å². The fraction of sp³-hybridized carbons (Fsp3) is 0.706. The van der Waals surface area contributed by atoms with E-state index in [1.807, 2.05) is 11.3 Å². The number of aryl methyl sites for hydroxylation is 2. The van der Waals surface area contributed by atoms with Gasteiger partial charge >= 0.3 is 0 Å². The number of hydrogen-bond acceptors (Lipinski definition) is 3. The zero-order valence-corrected chi connectivity index (χ0v) is 15.3. The average molecular weight is 343 g/mol. The lowest BCUT2D eigenvalue weighted by Crippen LogP contribution is -2.48. The standard InChI is InChI=1S/C17H26N2OS.ClH/c1-11-8-15(13(3)21-11)12(2)19-16(20)17-7-5-4-6-14(17)9-18-10-17;/h8,12,14,18H,4-7,9-10H2,1-3H3,(H,19,20);1H/t12?,14-,17+;/m0./s1. The first-order valence-electron chi connectivity index (χ1n) is 8.11. The highest BCUT2D eigenvalue weighted by Crippen LogP contribution is 2.44. The van der Waals surface area contributed by atoms with E-state index in [0.717, 1.165) is 19.5 Å². The van der Waals surface area contributed by atoms with Gasteiger partial charge in [-0.25, -0.2) is 0 Å². The molecule has 2 heterocycles. The molecule has 3 nitrogen and oxygen atoms in total. The Labute approximate surface area is 143 Å². The molecule has 1 unspecified atom stereocenters. The molecule has 1 aliphatic heterocycles. The van der Waals surface area contributed by atoms with Crippen LogP contribution in [0.25, 0.3) is 0 Å². The van der Waals surface area contributed by atoms with Crippen LogP contribution >= 0.6 is 23.7 Å². The highest BCUT2D eigenvalue weighted by molar-refractivity contribution is 7.12. The Morgan fingerprint density at radius 2 is 2.23 bits per heavy atom. The maximum atomic E-state index is 13.0. The third kappa shape index (κ3) is 3.06. The van der Waals surface area contributed by atoms with E-state index < -0.39 is 0 Å². The number of rotatable bonds is 3. The lowest BCUT2D eigenvalue weighted by atomic mass is 9.67. The summed E-state index contributed by atoms with van der Waals surface area (Å²) in [6.07, 6.45) is 4.71. The van der Waals surface area contributed by atoms with Crippen molar-refractivity contribution in [2.24, 2.45) is 11.3 Å². The first-order chi connectivity index (χ1) is 10.0. The number of nitrogens with one attached hydrogen (secondary N) is 2. The van der Waals surface area contributed by atoms with E-state index >= 15 is 0 Å². The van der Waals surface area contributed by atoms with Crippen molar-refractivity contribution in [1.29, 1.82) is 0 Å². The molecule has 0 bridgehead atoms. The second kappa shape index (κ2) is 6.90. The first-order valence-corrected chi connectivity index (χ1v) is 8.93. The molecule has 1 aromatic rings. The Morgan fingerprint density at radius 3 is 2.91 bits per heavy atom. The normalized spacial score (nSPS) is 28.6. The van der Waals surface area contributed by atoms with Crippen molar-refractivity contribution < 1.29 is 4.79 Å². The van der Waals surface area contributed by atoms with E-state index in [9.17, 15) is 4.79 Å². The molecule has 2 N–H and O–H groups in total. The summed E-state index contributed by atoms with van der Waals surface area (Å²) in [6.45, 7) is 8.26. The van der Waals surface area contributed by atoms with Crippen LogP contribution < -0.4 is 10.6 Å². The summed E-state index contributed by atoms with van der Waals surface area (Å²) in [4.78, 5) is 15.6. The number of halogens is 1. The maximum Gasteiger partial charge on any atom is 0.228 e. The summed E-state index contributed by atoms with van der Waals surface area (Å²) in [5.74, 6) is 0.803. The third-order valence-corrected chi connectivity index (χ3v) is 6.37. The Balaban J connectivity index is 0.00000176. The average Bonchev–Trinajstić information content (AvgIpc) is 3.02. The van der Waals surface area contributed by atoms with Crippen LogP contribution in [0.3, 0.4) is 0 Å². The van der Waals surface area contributed by atoms with Crippen molar-refractivity contribution in [2.75, 3.05) is 13.1 Å². The molecule has 1 saturated carbocycles. The molecule has 5 heteroatoms. The SMILES string of the molecule is Cc1cc(C(C)NC(=O)[C@@]23CCCC[C@H]2CNC3)c(C)s1.Cl. The molecular formula is C17H27ClN2OS. The summed E-state index contributed by atoms with van der Waals surface area (Å²) in [6, 6.07) is 2.33. The van der Waals surface area contributed by atoms with Gasteiger partial charge in [0.05, 0.1) is 11.5 Å². The summed E-state index contributed by atoms with van der Waals surface area (Å²) in [5.41, 5.74) is 1.13. The van der Waals surface area contributed by atoms with Crippen molar-refractivity contribution in [3.8, 4) is 0 Å². The van der Waals surface area contributed by atoms with Gasteiger partial charge in [-0.15, -0.1) is 23.7 Å². The predicted octanol–water partition coefficient (Wildman–Crippen LogP) is 3.74. The van der Waals surface area contributed by atoms with Crippen molar-refractivity contribution in [1.82, 2.24) is 10.6 Å². The van der Waals surface area contributed by atoms with E-state index in [-0.39, 0.29) is 29.8 Å². The van der Waals surface area contributed by atoms with Gasteiger partial charge in [0.2, 0.25) is 5.91 Å². The molecule has 1 amide bonds. The summed E-state index contributed by atoms with van der Waals surface area (Å²) >= 11 is 1.81. The van der Waals surface area contributed by atoms with Crippen LogP contribution in [0.2, 0.25) is 0 Å². The largest absolute Gasteiger partial charge is 0.349 e. The number of carbonyl (C=O) groups is 1. The zero-order chi connectivity index (χ0) is 15.0. The fourth-order valence-electron chi connectivity index (χ4n) is 4.19. The van der Waals surface area contributed by atoms with Crippen LogP contribution in [-0.2, 0) is 4.79 Å². The molecule has 0 spiro atoms. The van der Waals surface area contributed by atoms with Gasteiger partial charge in [0.1, 0.15) is 0 Å². The first kappa shape index (κ1) is 17.8. The molecule has 124 valence electrons. The van der Waals surface area contributed by atoms with Crippen molar-refractivity contribution in [2.45, 2.75) is 52.5 Å². The van der Waals surface area contributed by atoms with Crippen LogP contribution in [0.5, 0.6) is 0 Å². The summed E-state index contributed by atoms with van der Waals surface area (Å²) < 4.78 is 0. The molecule has 2 aliphatic rings. The van der Waals surface area contributed by atoms with E-state index in [1.165, 1.54) is 34.6 Å². The van der Waals surface area contributed by atoms with Gasteiger partial charge in [-0.3, -0.25) is 4.79 Å². The third-order valence-electron chi connectivity index (χ3n) is 5.38. The lowest BCUT2D eigenvalue weighted by molar-refractivity contribution is -0.134. The summed E-state index contributed by atoms with van der Waals surface area (Å²) in [7, 11) is 0. The monoisotopic (exact) mass is 342 g/mol. The van der Waals surface area contributed by atoms with Crippen LogP contribution in [-0.4, -0.2) is 19.0 Å². The highest BCUT2D eigenvalue weighted by Gasteiger charge is 2.50. The van der Waals surface area contributed by atoms with Crippen LogP contribution in [0.4, 0.5) is 0 Å². The Kier molecular flexibility index (Phi) is 5.57. The minimum Gasteiger partial charge on any atom is -0.349 e. The highest BCUT2D eigenvalue weighted by atomic mass is 35.5. The van der Waals surface area contributed by atoms with Gasteiger partial charge < -0.3 is 10.6 Å². The number of carbonyl (C=O) groups excluding carboxylic acids is 1. The number of thiophene rings is 1. The molecule has 22 heavy (non-hydrogen) atoms. The van der Waals surface area contributed by atoms with Gasteiger partial charge in [0.25, 0.3) is 0 Å². The van der Waals surface area contributed by atoms with Crippen molar-refractivity contribution in [3.05, 3.63) is 21.4 Å². The smallest absolute Gasteiger partial charge is 0.228 e. The zero-order valence-electron chi connectivity index (χ0n) is 13.7. The molecule has 3 atom stereocenters. The number of amides is 1. The van der Waals surface area contributed by atoms with Crippen LogP contribution in [0.15, 0.2) is 6.07 Å². The second-order valence-electron chi connectivity index (χ2n) is 6.79. The van der Waals surface area contributed by atoms with E-state index in [0.29, 0.717) is 5.92 Å². The van der Waals surface area contributed by atoms with Gasteiger partial charge in [0.15, 0.2) is 0 Å². The molecule has 1 saturated heterocycles. The Hall–Kier alpha value is -0.580. The van der Waals surface area contributed by atoms with Gasteiger partial charge in [0, 0.05) is 16.3 Å². The fourth-order valence-corrected chi connectivity index (χ4v) is 5.21. The van der Waals surface area contributed by atoms with Crippen LogP contribution in [0, 0.1) is 25.2 Å². The molecular weight excluding hydrogens is 316 g/mol. The van der Waals surface area contributed by atoms with Crippen LogP contribution in [0.1, 0.15) is 54.0 Å². The quantitative estimate of drug-likeness (QED) is 0.878. The molecule has 2 fully saturated rings. The summed E-state index contributed by atoms with van der Waals surface area (Å²) in [5, 5.41) is 6.77. The number of hydrogen-bond donors (Lipinski definition) is 2. The molecule has 0 aromatic carbocycles. The second-order valence-corrected chi connectivity index (χ2v) is 8.25. The van der Waals surface area contributed by atoms with Gasteiger partial charge in [-0.1, -0.05) is 12.8 Å². The topological polar surface area (TPSA) is 41.1 Å². The Bertz CT molecular complexity index is 545. The predicted molar refractivity (Wildman–Crippen MR) is 94.9 cm³/mol.